The van der Waals surface area contributed by atoms with Crippen LogP contribution in [0.4, 0.5) is 0 Å². The molecule has 0 fully saturated rings. The summed E-state index contributed by atoms with van der Waals surface area (Å²) in [6.07, 6.45) is 1.35. The van der Waals surface area contributed by atoms with E-state index in [1.54, 1.807) is 0 Å². The van der Waals surface area contributed by atoms with E-state index in [9.17, 15) is 0 Å². The number of nitrogens with one attached hydrogen (secondary N) is 1. The molecule has 0 aromatic heterocycles. The van der Waals surface area contributed by atoms with E-state index in [2.05, 4.69) is 5.32 Å². The average molecular weight is 160 g/mol. The molecule has 11 heavy (non-hydrogen) atoms. The van der Waals surface area contributed by atoms with Gasteiger partial charge in [0.25, 0.3) is 0 Å². The Hall–Kier alpha value is -0.0951. The lowest BCUT2D eigenvalue weighted by Gasteiger charge is -2.14. The maximum Gasteiger partial charge on any atom is 0.466 e. The Labute approximate surface area is 68.4 Å². The fraction of sp³-hybridized carbons (Fsp3) is 1.00. The van der Waals surface area contributed by atoms with Gasteiger partial charge in [-0.3, -0.25) is 0 Å². The monoisotopic (exact) mass is 160 g/mol. The Kier molecular flexibility index (Phi) is 6.55. The Balaban J connectivity index is 3.15. The van der Waals surface area contributed by atoms with Crippen molar-refractivity contribution in [3.63, 3.8) is 0 Å². The van der Waals surface area contributed by atoms with Crippen LogP contribution in [0.15, 0.2) is 0 Å². The smallest absolute Gasteiger partial charge is 0.426 e. The van der Waals surface area contributed by atoms with Crippen molar-refractivity contribution in [1.82, 2.24) is 10.2 Å². The predicted molar refractivity (Wildman–Crippen MR) is 46.2 cm³/mol. The minimum atomic E-state index is -1.21. The number of rotatable bonds is 6. The zero-order chi connectivity index (χ0) is 8.69. The van der Waals surface area contributed by atoms with E-state index >= 15 is 0 Å². The van der Waals surface area contributed by atoms with Gasteiger partial charge >= 0.3 is 7.12 Å². The van der Waals surface area contributed by atoms with E-state index in [0.717, 1.165) is 19.5 Å². The molecule has 0 aliphatic carbocycles. The first-order valence-corrected chi connectivity index (χ1v) is 3.86. The van der Waals surface area contributed by atoms with Crippen LogP contribution in [-0.4, -0.2) is 55.7 Å². The molecule has 0 atom stereocenters. The SMILES string of the molecule is CNCCCN(C)CB(O)O. The number of nitrogens with zero attached hydrogens (tertiary/aromatic N) is 1. The summed E-state index contributed by atoms with van der Waals surface area (Å²) in [6, 6.07) is 0. The molecule has 5 heteroatoms. The highest BCUT2D eigenvalue weighted by Crippen LogP contribution is 1.85. The maximum atomic E-state index is 8.58. The molecule has 0 bridgehead atoms. The molecule has 0 rings (SSSR count). The summed E-state index contributed by atoms with van der Waals surface area (Å²) in [5.41, 5.74) is 0. The summed E-state index contributed by atoms with van der Waals surface area (Å²) < 4.78 is 0. The van der Waals surface area contributed by atoms with E-state index in [0.29, 0.717) is 6.44 Å². The van der Waals surface area contributed by atoms with Gasteiger partial charge in [-0.1, -0.05) is 0 Å². The predicted octanol–water partition coefficient (Wildman–Crippen LogP) is -1.46. The molecule has 0 saturated carbocycles. The summed E-state index contributed by atoms with van der Waals surface area (Å²) in [5, 5.41) is 20.2. The number of hydrogen-bond donors (Lipinski definition) is 3. The van der Waals surface area contributed by atoms with Gasteiger partial charge in [-0.2, -0.15) is 0 Å². The Morgan fingerprint density at radius 1 is 1.45 bits per heavy atom. The van der Waals surface area contributed by atoms with Crippen molar-refractivity contribution in [2.45, 2.75) is 6.42 Å². The fourth-order valence-corrected chi connectivity index (χ4v) is 0.896. The van der Waals surface area contributed by atoms with Crippen molar-refractivity contribution >= 4 is 7.12 Å². The van der Waals surface area contributed by atoms with Crippen LogP contribution in [0.25, 0.3) is 0 Å². The molecule has 0 heterocycles. The summed E-state index contributed by atoms with van der Waals surface area (Å²) in [4.78, 5) is 1.89. The van der Waals surface area contributed by atoms with Crippen LogP contribution in [0, 0.1) is 0 Å². The molecule has 66 valence electrons. The van der Waals surface area contributed by atoms with E-state index in [1.807, 2.05) is 19.0 Å². The Morgan fingerprint density at radius 2 is 2.09 bits per heavy atom. The molecular formula is C6H17BN2O2. The van der Waals surface area contributed by atoms with Crippen molar-refractivity contribution < 1.29 is 10.0 Å². The highest BCUT2D eigenvalue weighted by Gasteiger charge is 2.09. The molecule has 0 aliphatic rings. The van der Waals surface area contributed by atoms with Crippen LogP contribution < -0.4 is 5.32 Å². The maximum absolute atomic E-state index is 8.58. The van der Waals surface area contributed by atoms with Crippen LogP contribution in [0.3, 0.4) is 0 Å². The van der Waals surface area contributed by atoms with Crippen molar-refractivity contribution in [2.75, 3.05) is 33.6 Å². The fourth-order valence-electron chi connectivity index (χ4n) is 0.896. The van der Waals surface area contributed by atoms with E-state index < -0.39 is 7.12 Å². The molecule has 0 amide bonds. The third-order valence-corrected chi connectivity index (χ3v) is 1.44. The average Bonchev–Trinajstić information content (AvgIpc) is 1.86. The van der Waals surface area contributed by atoms with Gasteiger partial charge in [0.15, 0.2) is 0 Å². The summed E-state index contributed by atoms with van der Waals surface area (Å²) in [5.74, 6) is 0. The van der Waals surface area contributed by atoms with Crippen LogP contribution >= 0.6 is 0 Å². The largest absolute Gasteiger partial charge is 0.466 e. The second kappa shape index (κ2) is 6.60. The second-order valence-electron chi connectivity index (χ2n) is 2.70. The quantitative estimate of drug-likeness (QED) is 0.328. The molecular weight excluding hydrogens is 143 g/mol. The highest BCUT2D eigenvalue weighted by molar-refractivity contribution is 6.41. The van der Waals surface area contributed by atoms with Gasteiger partial charge in [-0.25, -0.2) is 0 Å². The van der Waals surface area contributed by atoms with Gasteiger partial charge in [-0.05, 0) is 33.6 Å². The zero-order valence-electron chi connectivity index (χ0n) is 7.25. The lowest BCUT2D eigenvalue weighted by Crippen LogP contribution is -2.34. The zero-order valence-corrected chi connectivity index (χ0v) is 7.25. The molecule has 0 aromatic carbocycles. The van der Waals surface area contributed by atoms with Gasteiger partial charge in [0.05, 0.1) is 0 Å². The van der Waals surface area contributed by atoms with Gasteiger partial charge in [-0.15, -0.1) is 0 Å². The molecule has 0 spiro atoms. The van der Waals surface area contributed by atoms with Crippen LogP contribution in [-0.2, 0) is 0 Å². The van der Waals surface area contributed by atoms with Crippen LogP contribution in [0.1, 0.15) is 6.42 Å². The van der Waals surface area contributed by atoms with Gasteiger partial charge in [0.1, 0.15) is 0 Å². The molecule has 0 aromatic rings. The third-order valence-electron chi connectivity index (χ3n) is 1.44. The molecule has 0 radical (unpaired) electrons. The topological polar surface area (TPSA) is 55.7 Å². The van der Waals surface area contributed by atoms with Crippen LogP contribution in [0.2, 0.25) is 0 Å². The first-order chi connectivity index (χ1) is 5.16. The van der Waals surface area contributed by atoms with Crippen molar-refractivity contribution in [3.8, 4) is 0 Å². The van der Waals surface area contributed by atoms with E-state index in [-0.39, 0.29) is 0 Å². The van der Waals surface area contributed by atoms with Crippen LogP contribution in [0.5, 0.6) is 0 Å². The second-order valence-corrected chi connectivity index (χ2v) is 2.70. The highest BCUT2D eigenvalue weighted by atomic mass is 16.4. The van der Waals surface area contributed by atoms with Crippen molar-refractivity contribution in [2.24, 2.45) is 0 Å². The van der Waals surface area contributed by atoms with Crippen molar-refractivity contribution in [3.05, 3.63) is 0 Å². The minimum Gasteiger partial charge on any atom is -0.426 e. The molecule has 3 N–H and O–H groups in total. The summed E-state index contributed by atoms with van der Waals surface area (Å²) >= 11 is 0. The normalized spacial score (nSPS) is 10.6. The minimum absolute atomic E-state index is 0.323. The first kappa shape index (κ1) is 10.9. The summed E-state index contributed by atoms with van der Waals surface area (Å²) in [7, 11) is 2.56. The van der Waals surface area contributed by atoms with E-state index in [4.69, 9.17) is 10.0 Å². The van der Waals surface area contributed by atoms with E-state index in [1.165, 1.54) is 0 Å². The lowest BCUT2D eigenvalue weighted by molar-refractivity contribution is 0.316. The van der Waals surface area contributed by atoms with Crippen molar-refractivity contribution in [1.29, 1.82) is 0 Å². The Bertz CT molecular complexity index is 92.7. The third kappa shape index (κ3) is 7.81. The van der Waals surface area contributed by atoms with Gasteiger partial charge in [0, 0.05) is 6.44 Å². The van der Waals surface area contributed by atoms with Gasteiger partial charge in [0.2, 0.25) is 0 Å². The molecule has 4 nitrogen and oxygen atoms in total. The number of hydrogen-bond acceptors (Lipinski definition) is 4. The summed E-state index contributed by atoms with van der Waals surface area (Å²) in [6.45, 7) is 1.85. The molecule has 0 aliphatic heterocycles. The molecule has 0 unspecified atom stereocenters. The van der Waals surface area contributed by atoms with Gasteiger partial charge < -0.3 is 20.3 Å². The molecule has 0 saturated heterocycles. The lowest BCUT2D eigenvalue weighted by atomic mass is 9.91. The Morgan fingerprint density at radius 3 is 2.55 bits per heavy atom. The standard InChI is InChI=1S/C6H17BN2O2/c1-8-4-3-5-9(2)6-7(10)11/h8,10-11H,3-6H2,1-2H3. The first-order valence-electron chi connectivity index (χ1n) is 3.86.